The van der Waals surface area contributed by atoms with Crippen molar-refractivity contribution in [3.05, 3.63) is 29.8 Å². The molecule has 3 nitrogen and oxygen atoms in total. The highest BCUT2D eigenvalue weighted by Crippen LogP contribution is 2.32. The summed E-state index contributed by atoms with van der Waals surface area (Å²) in [5.74, 6) is 0. The van der Waals surface area contributed by atoms with E-state index in [2.05, 4.69) is 17.0 Å². The van der Waals surface area contributed by atoms with Gasteiger partial charge in [-0.05, 0) is 37.8 Å². The molecule has 0 aliphatic carbocycles. The summed E-state index contributed by atoms with van der Waals surface area (Å²) in [5, 5.41) is 10.3. The maximum atomic E-state index is 10.3. The van der Waals surface area contributed by atoms with Gasteiger partial charge in [-0.3, -0.25) is 0 Å². The van der Waals surface area contributed by atoms with Crippen LogP contribution in [0.3, 0.4) is 0 Å². The van der Waals surface area contributed by atoms with Crippen molar-refractivity contribution in [1.82, 2.24) is 0 Å². The molecule has 2 rings (SSSR count). The molecule has 0 aromatic heterocycles. The summed E-state index contributed by atoms with van der Waals surface area (Å²) in [6.07, 6.45) is 2.86. The SMILES string of the molecule is CCC(C)(O)CN1CCCC(N)c2ccccc21. The highest BCUT2D eigenvalue weighted by Gasteiger charge is 2.26. The lowest BCUT2D eigenvalue weighted by molar-refractivity contribution is 0.0630. The molecule has 0 amide bonds. The summed E-state index contributed by atoms with van der Waals surface area (Å²) in [6, 6.07) is 8.44. The number of rotatable bonds is 3. The van der Waals surface area contributed by atoms with Crippen LogP contribution in [0.4, 0.5) is 5.69 Å². The van der Waals surface area contributed by atoms with E-state index in [1.165, 1.54) is 11.3 Å². The Kier molecular flexibility index (Phi) is 3.93. The Morgan fingerprint density at radius 1 is 1.44 bits per heavy atom. The summed E-state index contributed by atoms with van der Waals surface area (Å²) in [6.45, 7) is 5.57. The number of β-amino-alcohol motifs (C(OH)–C–C–N with tert-alkyl or cyclic N) is 1. The van der Waals surface area contributed by atoms with Gasteiger partial charge in [0.15, 0.2) is 0 Å². The predicted molar refractivity (Wildman–Crippen MR) is 75.7 cm³/mol. The van der Waals surface area contributed by atoms with Crippen LogP contribution in [0.5, 0.6) is 0 Å². The summed E-state index contributed by atoms with van der Waals surface area (Å²) >= 11 is 0. The van der Waals surface area contributed by atoms with Crippen LogP contribution in [-0.4, -0.2) is 23.8 Å². The number of fused-ring (bicyclic) bond motifs is 1. The van der Waals surface area contributed by atoms with E-state index < -0.39 is 5.60 Å². The zero-order valence-corrected chi connectivity index (χ0v) is 11.4. The third-order valence-electron chi connectivity index (χ3n) is 3.91. The van der Waals surface area contributed by atoms with E-state index in [1.54, 1.807) is 0 Å². The standard InChI is InChI=1S/C15H24N2O/c1-3-15(2,18)11-17-10-6-8-13(16)12-7-4-5-9-14(12)17/h4-5,7,9,13,18H,3,6,8,10-11,16H2,1-2H3. The van der Waals surface area contributed by atoms with Gasteiger partial charge in [0.1, 0.15) is 0 Å². The molecule has 2 unspecified atom stereocenters. The highest BCUT2D eigenvalue weighted by atomic mass is 16.3. The van der Waals surface area contributed by atoms with Gasteiger partial charge in [0.2, 0.25) is 0 Å². The summed E-state index contributed by atoms with van der Waals surface area (Å²) in [4.78, 5) is 2.28. The van der Waals surface area contributed by atoms with Crippen LogP contribution in [0, 0.1) is 0 Å². The Hall–Kier alpha value is -1.06. The Labute approximate surface area is 110 Å². The Morgan fingerprint density at radius 2 is 2.17 bits per heavy atom. The van der Waals surface area contributed by atoms with Crippen LogP contribution in [0.15, 0.2) is 24.3 Å². The van der Waals surface area contributed by atoms with Gasteiger partial charge < -0.3 is 15.7 Å². The van der Waals surface area contributed by atoms with Crippen molar-refractivity contribution in [2.45, 2.75) is 44.8 Å². The van der Waals surface area contributed by atoms with Crippen molar-refractivity contribution in [2.24, 2.45) is 5.73 Å². The quantitative estimate of drug-likeness (QED) is 0.864. The second-order valence-corrected chi connectivity index (χ2v) is 5.58. The Balaban J connectivity index is 2.29. The smallest absolute Gasteiger partial charge is 0.0791 e. The van der Waals surface area contributed by atoms with Crippen molar-refractivity contribution >= 4 is 5.69 Å². The number of nitrogens with two attached hydrogens (primary N) is 1. The van der Waals surface area contributed by atoms with Crippen LogP contribution in [0.25, 0.3) is 0 Å². The second kappa shape index (κ2) is 5.29. The molecule has 0 spiro atoms. The molecule has 1 aliphatic heterocycles. The molecule has 100 valence electrons. The van der Waals surface area contributed by atoms with Crippen LogP contribution in [0.1, 0.15) is 44.7 Å². The number of para-hydroxylation sites is 1. The Morgan fingerprint density at radius 3 is 2.89 bits per heavy atom. The normalized spacial score (nSPS) is 23.1. The van der Waals surface area contributed by atoms with Gasteiger partial charge in [0.05, 0.1) is 5.60 Å². The average Bonchev–Trinajstić information content (AvgIpc) is 2.51. The lowest BCUT2D eigenvalue weighted by Gasteiger charge is -2.32. The third-order valence-corrected chi connectivity index (χ3v) is 3.91. The second-order valence-electron chi connectivity index (χ2n) is 5.58. The summed E-state index contributed by atoms with van der Waals surface area (Å²) in [5.41, 5.74) is 7.98. The van der Waals surface area contributed by atoms with E-state index in [0.29, 0.717) is 6.54 Å². The molecular formula is C15H24N2O. The topological polar surface area (TPSA) is 49.5 Å². The van der Waals surface area contributed by atoms with E-state index in [9.17, 15) is 5.11 Å². The number of aliphatic hydroxyl groups is 1. The fraction of sp³-hybridized carbons (Fsp3) is 0.600. The van der Waals surface area contributed by atoms with E-state index in [4.69, 9.17) is 5.73 Å². The van der Waals surface area contributed by atoms with Crippen LogP contribution in [0.2, 0.25) is 0 Å². The van der Waals surface area contributed by atoms with Crippen molar-refractivity contribution in [3.8, 4) is 0 Å². The van der Waals surface area contributed by atoms with Gasteiger partial charge in [0.25, 0.3) is 0 Å². The summed E-state index contributed by atoms with van der Waals surface area (Å²) in [7, 11) is 0. The lowest BCUT2D eigenvalue weighted by Crippen LogP contribution is -2.41. The molecule has 0 saturated heterocycles. The van der Waals surface area contributed by atoms with Crippen molar-refractivity contribution in [1.29, 1.82) is 0 Å². The van der Waals surface area contributed by atoms with Gasteiger partial charge in [0, 0.05) is 24.8 Å². The summed E-state index contributed by atoms with van der Waals surface area (Å²) < 4.78 is 0. The maximum Gasteiger partial charge on any atom is 0.0791 e. The minimum atomic E-state index is -0.637. The molecule has 1 heterocycles. The van der Waals surface area contributed by atoms with Crippen LogP contribution >= 0.6 is 0 Å². The first kappa shape index (κ1) is 13.4. The zero-order chi connectivity index (χ0) is 13.2. The average molecular weight is 248 g/mol. The molecule has 0 radical (unpaired) electrons. The monoisotopic (exact) mass is 248 g/mol. The van der Waals surface area contributed by atoms with Gasteiger partial charge in [-0.25, -0.2) is 0 Å². The molecule has 0 saturated carbocycles. The predicted octanol–water partition coefficient (Wildman–Crippen LogP) is 2.45. The molecule has 3 N–H and O–H groups in total. The fourth-order valence-corrected chi connectivity index (χ4v) is 2.55. The minimum absolute atomic E-state index is 0.123. The van der Waals surface area contributed by atoms with E-state index in [0.717, 1.165) is 25.8 Å². The largest absolute Gasteiger partial charge is 0.388 e. The number of hydrogen-bond donors (Lipinski definition) is 2. The van der Waals surface area contributed by atoms with Gasteiger partial charge >= 0.3 is 0 Å². The first-order valence-electron chi connectivity index (χ1n) is 6.85. The molecule has 0 bridgehead atoms. The number of hydrogen-bond acceptors (Lipinski definition) is 3. The van der Waals surface area contributed by atoms with Crippen LogP contribution < -0.4 is 10.6 Å². The molecule has 18 heavy (non-hydrogen) atoms. The van der Waals surface area contributed by atoms with Crippen LogP contribution in [-0.2, 0) is 0 Å². The van der Waals surface area contributed by atoms with Crippen molar-refractivity contribution < 1.29 is 5.11 Å². The number of nitrogens with zero attached hydrogens (tertiary/aromatic N) is 1. The zero-order valence-electron chi connectivity index (χ0n) is 11.4. The van der Waals surface area contributed by atoms with Crippen molar-refractivity contribution in [3.63, 3.8) is 0 Å². The Bertz CT molecular complexity index is 403. The minimum Gasteiger partial charge on any atom is -0.388 e. The number of benzene rings is 1. The molecular weight excluding hydrogens is 224 g/mol. The van der Waals surface area contributed by atoms with E-state index in [1.807, 2.05) is 26.0 Å². The first-order chi connectivity index (χ1) is 8.53. The highest BCUT2D eigenvalue weighted by molar-refractivity contribution is 5.56. The molecule has 1 aliphatic rings. The first-order valence-corrected chi connectivity index (χ1v) is 6.85. The molecule has 0 fully saturated rings. The molecule has 1 aromatic carbocycles. The number of anilines is 1. The molecule has 3 heteroatoms. The van der Waals surface area contributed by atoms with E-state index >= 15 is 0 Å². The maximum absolute atomic E-state index is 10.3. The van der Waals surface area contributed by atoms with Crippen molar-refractivity contribution in [2.75, 3.05) is 18.0 Å². The van der Waals surface area contributed by atoms with Gasteiger partial charge in [-0.1, -0.05) is 25.1 Å². The lowest BCUT2D eigenvalue weighted by atomic mass is 10.0. The fourth-order valence-electron chi connectivity index (χ4n) is 2.55. The molecule has 2 atom stereocenters. The van der Waals surface area contributed by atoms with Gasteiger partial charge in [-0.2, -0.15) is 0 Å². The molecule has 1 aromatic rings. The third kappa shape index (κ3) is 2.85. The van der Waals surface area contributed by atoms with E-state index in [-0.39, 0.29) is 6.04 Å². The van der Waals surface area contributed by atoms with Gasteiger partial charge in [-0.15, -0.1) is 0 Å².